The largest absolute Gasteiger partial charge is 0.491 e. The van der Waals surface area contributed by atoms with E-state index in [4.69, 9.17) is 16.3 Å². The molecular weight excluding hydrogens is 386 g/mol. The molecule has 1 atom stereocenters. The fourth-order valence-corrected chi connectivity index (χ4v) is 5.35. The van der Waals surface area contributed by atoms with E-state index in [0.29, 0.717) is 23.8 Å². The zero-order chi connectivity index (χ0) is 19.6. The summed E-state index contributed by atoms with van der Waals surface area (Å²) in [4.78, 5) is 2.17. The number of aromatic nitrogens is 2. The molecule has 0 aliphatic carbocycles. The Morgan fingerprint density at radius 1 is 1.33 bits per heavy atom. The molecule has 8 heteroatoms. The Morgan fingerprint density at radius 2 is 2.07 bits per heavy atom. The van der Waals surface area contributed by atoms with Crippen molar-refractivity contribution in [2.24, 2.45) is 0 Å². The van der Waals surface area contributed by atoms with Crippen LogP contribution in [0.2, 0.25) is 5.02 Å². The number of rotatable bonds is 7. The van der Waals surface area contributed by atoms with Crippen molar-refractivity contribution in [3.63, 3.8) is 0 Å². The molecule has 1 aromatic carbocycles. The van der Waals surface area contributed by atoms with E-state index in [1.165, 1.54) is 0 Å². The number of aryl methyl sites for hydroxylation is 1. The number of likely N-dealkylation sites (N-methyl/N-ethyl adjacent to an activating group) is 1. The quantitative estimate of drug-likeness (QED) is 0.700. The minimum Gasteiger partial charge on any atom is -0.491 e. The highest BCUT2D eigenvalue weighted by Crippen LogP contribution is 2.27. The fraction of sp³-hybridized carbons (Fsp3) is 0.526. The van der Waals surface area contributed by atoms with Gasteiger partial charge in [-0.1, -0.05) is 23.7 Å². The van der Waals surface area contributed by atoms with Gasteiger partial charge in [0, 0.05) is 24.3 Å². The highest BCUT2D eigenvalue weighted by atomic mass is 35.5. The second-order valence-corrected chi connectivity index (χ2v) is 9.80. The summed E-state index contributed by atoms with van der Waals surface area (Å²) < 4.78 is 31.2. The number of sulfone groups is 1. The van der Waals surface area contributed by atoms with Crippen molar-refractivity contribution in [2.75, 3.05) is 31.7 Å². The number of halogens is 1. The first kappa shape index (κ1) is 20.2. The molecule has 1 aliphatic rings. The lowest BCUT2D eigenvalue weighted by Crippen LogP contribution is -2.24. The smallest absolute Gasteiger partial charge is 0.152 e. The van der Waals surface area contributed by atoms with Gasteiger partial charge < -0.3 is 4.74 Å². The first-order valence-electron chi connectivity index (χ1n) is 9.07. The van der Waals surface area contributed by atoms with E-state index >= 15 is 0 Å². The molecule has 148 valence electrons. The van der Waals surface area contributed by atoms with Crippen LogP contribution in [0.25, 0.3) is 0 Å². The maximum Gasteiger partial charge on any atom is 0.152 e. The second kappa shape index (κ2) is 8.20. The van der Waals surface area contributed by atoms with Crippen LogP contribution in [-0.4, -0.2) is 54.8 Å². The van der Waals surface area contributed by atoms with Crippen molar-refractivity contribution >= 4 is 21.4 Å². The van der Waals surface area contributed by atoms with Gasteiger partial charge in [0.2, 0.25) is 0 Å². The van der Waals surface area contributed by atoms with Crippen molar-refractivity contribution in [3.05, 3.63) is 46.2 Å². The van der Waals surface area contributed by atoms with Crippen LogP contribution in [0.15, 0.2) is 24.3 Å². The summed E-state index contributed by atoms with van der Waals surface area (Å²) in [5.74, 6) is 1.13. The summed E-state index contributed by atoms with van der Waals surface area (Å²) in [7, 11) is -0.894. The van der Waals surface area contributed by atoms with E-state index in [0.717, 1.165) is 30.0 Å². The minimum atomic E-state index is -2.93. The molecule has 0 radical (unpaired) electrons. The highest BCUT2D eigenvalue weighted by molar-refractivity contribution is 7.91. The standard InChI is InChI=1S/C19H26ClN3O3S/c1-14-17(15(2)23(21-14)16-8-11-27(24,25)13-16)12-22(3)9-10-26-19-7-5-4-6-18(19)20/h4-7,16H,8-13H2,1-3H3/t16-/m1/s1. The molecule has 1 fully saturated rings. The fourth-order valence-electron chi connectivity index (χ4n) is 3.47. The van der Waals surface area contributed by atoms with Crippen molar-refractivity contribution < 1.29 is 13.2 Å². The van der Waals surface area contributed by atoms with Gasteiger partial charge in [-0.2, -0.15) is 5.10 Å². The first-order valence-corrected chi connectivity index (χ1v) is 11.3. The molecule has 27 heavy (non-hydrogen) atoms. The van der Waals surface area contributed by atoms with E-state index < -0.39 is 9.84 Å². The van der Waals surface area contributed by atoms with Gasteiger partial charge in [0.1, 0.15) is 12.4 Å². The summed E-state index contributed by atoms with van der Waals surface area (Å²) in [5.41, 5.74) is 3.16. The van der Waals surface area contributed by atoms with Crippen LogP contribution >= 0.6 is 11.6 Å². The molecule has 0 bridgehead atoms. The molecule has 1 aromatic heterocycles. The van der Waals surface area contributed by atoms with E-state index in [9.17, 15) is 8.42 Å². The molecule has 1 saturated heterocycles. The highest BCUT2D eigenvalue weighted by Gasteiger charge is 2.31. The van der Waals surface area contributed by atoms with Gasteiger partial charge in [0.15, 0.2) is 9.84 Å². The van der Waals surface area contributed by atoms with E-state index in [2.05, 4.69) is 10.00 Å². The summed E-state index contributed by atoms with van der Waals surface area (Å²) in [6.07, 6.45) is 0.644. The number of benzene rings is 1. The number of hydrogen-bond donors (Lipinski definition) is 0. The monoisotopic (exact) mass is 411 g/mol. The minimum absolute atomic E-state index is 0.0451. The van der Waals surface area contributed by atoms with E-state index in [-0.39, 0.29) is 17.5 Å². The van der Waals surface area contributed by atoms with Gasteiger partial charge in [-0.05, 0) is 39.4 Å². The summed E-state index contributed by atoms with van der Waals surface area (Å²) in [5, 5.41) is 5.24. The van der Waals surface area contributed by atoms with Gasteiger partial charge in [-0.15, -0.1) is 0 Å². The van der Waals surface area contributed by atoms with E-state index in [1.807, 2.05) is 49.8 Å². The second-order valence-electron chi connectivity index (χ2n) is 7.17. The number of para-hydroxylation sites is 1. The lowest BCUT2D eigenvalue weighted by molar-refractivity contribution is 0.232. The number of hydrogen-bond acceptors (Lipinski definition) is 5. The molecule has 0 spiro atoms. The Labute approximate surface area is 166 Å². The molecule has 1 aliphatic heterocycles. The number of nitrogens with zero attached hydrogens (tertiary/aromatic N) is 3. The number of ether oxygens (including phenoxy) is 1. The molecule has 2 aromatic rings. The van der Waals surface area contributed by atoms with Gasteiger partial charge in [-0.3, -0.25) is 9.58 Å². The predicted molar refractivity (Wildman–Crippen MR) is 107 cm³/mol. The molecule has 6 nitrogen and oxygen atoms in total. The zero-order valence-electron chi connectivity index (χ0n) is 16.0. The average Bonchev–Trinajstić information content (AvgIpc) is 3.10. The SMILES string of the molecule is Cc1nn([C@@H]2CCS(=O)(=O)C2)c(C)c1CN(C)CCOc1ccccc1Cl. The molecule has 0 amide bonds. The van der Waals surface area contributed by atoms with Crippen molar-refractivity contribution in [2.45, 2.75) is 32.9 Å². The van der Waals surface area contributed by atoms with E-state index in [1.54, 1.807) is 0 Å². The van der Waals surface area contributed by atoms with Crippen LogP contribution in [0.4, 0.5) is 0 Å². The Kier molecular flexibility index (Phi) is 6.13. The first-order chi connectivity index (χ1) is 12.8. The molecular formula is C19H26ClN3O3S. The summed E-state index contributed by atoms with van der Waals surface area (Å²) in [6.45, 7) is 6.02. The van der Waals surface area contributed by atoms with Crippen LogP contribution in [0, 0.1) is 13.8 Å². The van der Waals surface area contributed by atoms with Gasteiger partial charge in [0.25, 0.3) is 0 Å². The predicted octanol–water partition coefficient (Wildman–Crippen LogP) is 3.02. The van der Waals surface area contributed by atoms with Gasteiger partial charge >= 0.3 is 0 Å². The van der Waals surface area contributed by atoms with Crippen LogP contribution in [-0.2, 0) is 16.4 Å². The lowest BCUT2D eigenvalue weighted by Gasteiger charge is -2.18. The van der Waals surface area contributed by atoms with Crippen molar-refractivity contribution in [1.29, 1.82) is 0 Å². The van der Waals surface area contributed by atoms with Crippen molar-refractivity contribution in [1.82, 2.24) is 14.7 Å². The summed E-state index contributed by atoms with van der Waals surface area (Å²) >= 11 is 6.10. The van der Waals surface area contributed by atoms with Crippen molar-refractivity contribution in [3.8, 4) is 5.75 Å². The maximum absolute atomic E-state index is 11.8. The summed E-state index contributed by atoms with van der Waals surface area (Å²) in [6, 6.07) is 7.40. The van der Waals surface area contributed by atoms with Crippen LogP contribution in [0.1, 0.15) is 29.4 Å². The average molecular weight is 412 g/mol. The molecule has 3 rings (SSSR count). The normalized spacial score (nSPS) is 18.9. The molecule has 0 unspecified atom stereocenters. The van der Waals surface area contributed by atoms with Gasteiger partial charge in [0.05, 0.1) is 28.3 Å². The third-order valence-corrected chi connectivity index (χ3v) is 7.09. The van der Waals surface area contributed by atoms with Crippen LogP contribution < -0.4 is 4.74 Å². The maximum atomic E-state index is 11.8. The lowest BCUT2D eigenvalue weighted by atomic mass is 10.1. The third-order valence-electron chi connectivity index (χ3n) is 5.02. The zero-order valence-corrected chi connectivity index (χ0v) is 17.6. The van der Waals surface area contributed by atoms with Gasteiger partial charge in [-0.25, -0.2) is 8.42 Å². The third kappa shape index (κ3) is 4.83. The molecule has 0 saturated carbocycles. The van der Waals surface area contributed by atoms with Crippen LogP contribution in [0.3, 0.4) is 0 Å². The topological polar surface area (TPSA) is 64.4 Å². The van der Waals surface area contributed by atoms with Crippen LogP contribution in [0.5, 0.6) is 5.75 Å². The Bertz CT molecular complexity index is 911. The molecule has 2 heterocycles. The Hall–Kier alpha value is -1.57. The molecule has 0 N–H and O–H groups in total. The Balaban J connectivity index is 1.59. The Morgan fingerprint density at radius 3 is 2.74 bits per heavy atom.